The highest BCUT2D eigenvalue weighted by Crippen LogP contribution is 2.28. The highest BCUT2D eigenvalue weighted by molar-refractivity contribution is 5.81. The first-order valence-electron chi connectivity index (χ1n) is 7.90. The van der Waals surface area contributed by atoms with Crippen LogP contribution in [-0.2, 0) is 13.5 Å². The summed E-state index contributed by atoms with van der Waals surface area (Å²) in [5, 5.41) is 5.92. The maximum atomic E-state index is 6.39. The molecule has 2 aromatic rings. The van der Waals surface area contributed by atoms with Gasteiger partial charge in [0.15, 0.2) is 0 Å². The second-order valence-electron chi connectivity index (χ2n) is 6.29. The molecule has 0 radical (unpaired) electrons. The van der Waals surface area contributed by atoms with Crippen LogP contribution < -0.4 is 5.73 Å². The van der Waals surface area contributed by atoms with E-state index >= 15 is 0 Å². The molecule has 1 heterocycles. The fraction of sp³-hybridized carbons (Fsp3) is 0.588. The minimum Gasteiger partial charge on any atom is -0.327 e. The molecule has 1 fully saturated rings. The van der Waals surface area contributed by atoms with E-state index in [4.69, 9.17) is 5.73 Å². The molecule has 0 amide bonds. The van der Waals surface area contributed by atoms with Gasteiger partial charge in [0.25, 0.3) is 0 Å². The Labute approximate surface area is 121 Å². The number of fused-ring (bicyclic) bond motifs is 1. The molecule has 3 nitrogen and oxygen atoms in total. The molecule has 0 spiro atoms. The Morgan fingerprint density at radius 1 is 1.25 bits per heavy atom. The van der Waals surface area contributed by atoms with Crippen molar-refractivity contribution < 1.29 is 0 Å². The van der Waals surface area contributed by atoms with Crippen LogP contribution in [0, 0.1) is 5.92 Å². The third-order valence-corrected chi connectivity index (χ3v) is 4.65. The van der Waals surface area contributed by atoms with Gasteiger partial charge in [0.1, 0.15) is 0 Å². The first kappa shape index (κ1) is 13.6. The smallest absolute Gasteiger partial charge is 0.0718 e. The van der Waals surface area contributed by atoms with Crippen molar-refractivity contribution in [3.05, 3.63) is 30.0 Å². The van der Waals surface area contributed by atoms with Gasteiger partial charge < -0.3 is 5.73 Å². The molecule has 3 rings (SSSR count). The maximum absolute atomic E-state index is 6.39. The quantitative estimate of drug-likeness (QED) is 0.926. The summed E-state index contributed by atoms with van der Waals surface area (Å²) in [6.45, 7) is 0. The van der Waals surface area contributed by atoms with Crippen LogP contribution in [0.4, 0.5) is 0 Å². The number of hydrogen-bond acceptors (Lipinski definition) is 2. The van der Waals surface area contributed by atoms with Gasteiger partial charge in [0.05, 0.1) is 11.2 Å². The number of nitrogens with zero attached hydrogens (tertiary/aromatic N) is 2. The Morgan fingerprint density at radius 3 is 2.80 bits per heavy atom. The minimum absolute atomic E-state index is 0.247. The van der Waals surface area contributed by atoms with Gasteiger partial charge in [-0.15, -0.1) is 0 Å². The lowest BCUT2D eigenvalue weighted by atomic mass is 9.84. The molecule has 0 bridgehead atoms. The minimum atomic E-state index is 0.247. The third-order valence-electron chi connectivity index (χ3n) is 4.65. The van der Waals surface area contributed by atoms with Crippen LogP contribution in [0.15, 0.2) is 24.3 Å². The van der Waals surface area contributed by atoms with E-state index in [0.717, 1.165) is 24.5 Å². The van der Waals surface area contributed by atoms with E-state index in [1.54, 1.807) is 0 Å². The number of nitrogens with two attached hydrogens (primary N) is 1. The van der Waals surface area contributed by atoms with Crippen molar-refractivity contribution in [1.29, 1.82) is 0 Å². The molecule has 108 valence electrons. The zero-order valence-corrected chi connectivity index (χ0v) is 12.4. The number of hydrogen-bond donors (Lipinski definition) is 1. The highest BCUT2D eigenvalue weighted by Gasteiger charge is 2.18. The average Bonchev–Trinajstić information content (AvgIpc) is 2.77. The fourth-order valence-corrected chi connectivity index (χ4v) is 3.62. The van der Waals surface area contributed by atoms with Gasteiger partial charge in [-0.05, 0) is 18.4 Å². The molecule has 1 aliphatic carbocycles. The molecule has 1 aromatic heterocycles. The number of aromatic nitrogens is 2. The van der Waals surface area contributed by atoms with Gasteiger partial charge in [-0.2, -0.15) is 5.10 Å². The summed E-state index contributed by atoms with van der Waals surface area (Å²) in [6, 6.07) is 8.68. The molecule has 1 unspecified atom stereocenters. The summed E-state index contributed by atoms with van der Waals surface area (Å²) < 4.78 is 1.97. The SMILES string of the molecule is Cn1nc(CC(N)CC2CCCCC2)c2ccccc21. The van der Waals surface area contributed by atoms with Crippen molar-refractivity contribution >= 4 is 10.9 Å². The number of para-hydroxylation sites is 1. The van der Waals surface area contributed by atoms with Crippen molar-refractivity contribution in [2.24, 2.45) is 18.7 Å². The Bertz CT molecular complexity index is 567. The summed E-state index contributed by atoms with van der Waals surface area (Å²) in [5.41, 5.74) is 8.75. The van der Waals surface area contributed by atoms with Gasteiger partial charge >= 0.3 is 0 Å². The van der Waals surface area contributed by atoms with Crippen molar-refractivity contribution in [2.75, 3.05) is 0 Å². The maximum Gasteiger partial charge on any atom is 0.0718 e. The lowest BCUT2D eigenvalue weighted by molar-refractivity contribution is 0.316. The molecule has 1 atom stereocenters. The van der Waals surface area contributed by atoms with Crippen LogP contribution >= 0.6 is 0 Å². The van der Waals surface area contributed by atoms with Crippen LogP contribution in [-0.4, -0.2) is 15.8 Å². The Kier molecular flexibility index (Phi) is 4.06. The van der Waals surface area contributed by atoms with E-state index in [1.165, 1.54) is 43.0 Å². The molecule has 1 aromatic carbocycles. The second-order valence-corrected chi connectivity index (χ2v) is 6.29. The van der Waals surface area contributed by atoms with Crippen molar-refractivity contribution in [2.45, 2.75) is 51.0 Å². The number of benzene rings is 1. The summed E-state index contributed by atoms with van der Waals surface area (Å²) in [7, 11) is 2.01. The first-order valence-corrected chi connectivity index (χ1v) is 7.90. The third kappa shape index (κ3) is 2.88. The lowest BCUT2D eigenvalue weighted by Crippen LogP contribution is -2.27. The van der Waals surface area contributed by atoms with Crippen molar-refractivity contribution in [1.82, 2.24) is 9.78 Å². The van der Waals surface area contributed by atoms with E-state index in [1.807, 2.05) is 11.7 Å². The Hall–Kier alpha value is -1.35. The Balaban J connectivity index is 1.69. The average molecular weight is 271 g/mol. The molecule has 0 aliphatic heterocycles. The summed E-state index contributed by atoms with van der Waals surface area (Å²) in [6.07, 6.45) is 9.00. The summed E-state index contributed by atoms with van der Waals surface area (Å²) >= 11 is 0. The topological polar surface area (TPSA) is 43.8 Å². The molecule has 1 aliphatic rings. The summed E-state index contributed by atoms with van der Waals surface area (Å²) in [5.74, 6) is 0.841. The molecular formula is C17H25N3. The van der Waals surface area contributed by atoms with E-state index in [-0.39, 0.29) is 6.04 Å². The molecule has 3 heteroatoms. The van der Waals surface area contributed by atoms with Crippen LogP contribution in [0.5, 0.6) is 0 Å². The van der Waals surface area contributed by atoms with Gasteiger partial charge in [-0.1, -0.05) is 50.3 Å². The normalized spacial score (nSPS) is 18.5. The molecule has 0 saturated heterocycles. The van der Waals surface area contributed by atoms with Gasteiger partial charge in [0, 0.05) is 24.9 Å². The number of aryl methyl sites for hydroxylation is 1. The lowest BCUT2D eigenvalue weighted by Gasteiger charge is -2.24. The first-order chi connectivity index (χ1) is 9.74. The van der Waals surface area contributed by atoms with Gasteiger partial charge in [-0.25, -0.2) is 0 Å². The van der Waals surface area contributed by atoms with Crippen LogP contribution in [0.2, 0.25) is 0 Å². The molecular weight excluding hydrogens is 246 g/mol. The zero-order valence-electron chi connectivity index (χ0n) is 12.4. The highest BCUT2D eigenvalue weighted by atomic mass is 15.3. The fourth-order valence-electron chi connectivity index (χ4n) is 3.62. The predicted molar refractivity (Wildman–Crippen MR) is 83.6 cm³/mol. The van der Waals surface area contributed by atoms with Crippen molar-refractivity contribution in [3.63, 3.8) is 0 Å². The standard InChI is InChI=1S/C17H25N3/c1-20-17-10-6-5-9-15(17)16(19-20)12-14(18)11-13-7-3-2-4-8-13/h5-6,9-10,13-14H,2-4,7-8,11-12,18H2,1H3. The molecule has 20 heavy (non-hydrogen) atoms. The van der Waals surface area contributed by atoms with Crippen LogP contribution in [0.25, 0.3) is 10.9 Å². The number of rotatable bonds is 4. The molecule has 1 saturated carbocycles. The zero-order chi connectivity index (χ0) is 13.9. The van der Waals surface area contributed by atoms with Crippen LogP contribution in [0.3, 0.4) is 0 Å². The van der Waals surface area contributed by atoms with Gasteiger partial charge in [-0.3, -0.25) is 4.68 Å². The summed E-state index contributed by atoms with van der Waals surface area (Å²) in [4.78, 5) is 0. The van der Waals surface area contributed by atoms with Crippen molar-refractivity contribution in [3.8, 4) is 0 Å². The van der Waals surface area contributed by atoms with E-state index in [0.29, 0.717) is 0 Å². The largest absolute Gasteiger partial charge is 0.327 e. The Morgan fingerprint density at radius 2 is 2.00 bits per heavy atom. The van der Waals surface area contributed by atoms with Gasteiger partial charge in [0.2, 0.25) is 0 Å². The predicted octanol–water partition coefficient (Wildman–Crippen LogP) is 3.41. The van der Waals surface area contributed by atoms with E-state index in [2.05, 4.69) is 29.4 Å². The second kappa shape index (κ2) is 5.96. The van der Waals surface area contributed by atoms with Crippen LogP contribution in [0.1, 0.15) is 44.2 Å². The van der Waals surface area contributed by atoms with E-state index < -0.39 is 0 Å². The molecule has 2 N–H and O–H groups in total. The van der Waals surface area contributed by atoms with E-state index in [9.17, 15) is 0 Å². The monoisotopic (exact) mass is 271 g/mol.